The molecular weight excluding hydrogens is 445 g/mol. The van der Waals surface area contributed by atoms with Crippen molar-refractivity contribution in [3.05, 3.63) is 69.2 Å². The van der Waals surface area contributed by atoms with Crippen LogP contribution in [0.4, 0.5) is 0 Å². The first-order chi connectivity index (χ1) is 14.9. The van der Waals surface area contributed by atoms with Gasteiger partial charge in [0.15, 0.2) is 0 Å². The molecule has 2 aromatic rings. The quantitative estimate of drug-likeness (QED) is 0.268. The number of aliphatic hydroxyl groups excluding tert-OH is 2. The molecule has 3 rings (SSSR count). The minimum absolute atomic E-state index is 0.0631. The average molecular weight is 466 g/mol. The highest BCUT2D eigenvalue weighted by atomic mass is 35.5. The summed E-state index contributed by atoms with van der Waals surface area (Å²) in [4.78, 5) is 27.0. The average Bonchev–Trinajstić information content (AvgIpc) is 3.01. The Kier molecular flexibility index (Phi) is 7.56. The van der Waals surface area contributed by atoms with E-state index < -0.39 is 17.7 Å². The van der Waals surface area contributed by atoms with Gasteiger partial charge in [0.05, 0.1) is 38.5 Å². The summed E-state index contributed by atoms with van der Waals surface area (Å²) in [6, 6.07) is 10.2. The van der Waals surface area contributed by atoms with Gasteiger partial charge in [-0.25, -0.2) is 0 Å². The lowest BCUT2D eigenvalue weighted by Gasteiger charge is -2.26. The first-order valence-corrected chi connectivity index (χ1v) is 10.2. The lowest BCUT2D eigenvalue weighted by atomic mass is 9.95. The van der Waals surface area contributed by atoms with Gasteiger partial charge in [0.1, 0.15) is 11.5 Å². The Labute approximate surface area is 189 Å². The molecule has 0 aliphatic carbocycles. The summed E-state index contributed by atoms with van der Waals surface area (Å²) in [5, 5.41) is 20.5. The van der Waals surface area contributed by atoms with E-state index in [1.807, 2.05) is 0 Å². The van der Waals surface area contributed by atoms with Gasteiger partial charge in [0.25, 0.3) is 11.7 Å². The van der Waals surface area contributed by atoms with Gasteiger partial charge in [-0.15, -0.1) is 0 Å². The van der Waals surface area contributed by atoms with Crippen LogP contribution < -0.4 is 4.74 Å². The molecular formula is C22H21Cl2NO6. The Hall–Kier alpha value is -2.58. The molecule has 0 spiro atoms. The normalized spacial score (nSPS) is 17.9. The molecule has 1 atom stereocenters. The van der Waals surface area contributed by atoms with Crippen LogP contribution in [-0.2, 0) is 14.3 Å². The predicted octanol–water partition coefficient (Wildman–Crippen LogP) is 3.43. The molecule has 0 saturated carbocycles. The fraction of sp³-hybridized carbons (Fsp3) is 0.273. The summed E-state index contributed by atoms with van der Waals surface area (Å²) < 4.78 is 10.4. The second kappa shape index (κ2) is 10.2. The van der Waals surface area contributed by atoms with Crippen LogP contribution >= 0.6 is 23.2 Å². The summed E-state index contributed by atoms with van der Waals surface area (Å²) in [6.45, 7) is 0.0936. The predicted molar refractivity (Wildman–Crippen MR) is 116 cm³/mol. The van der Waals surface area contributed by atoms with E-state index in [-0.39, 0.29) is 42.7 Å². The number of aliphatic hydroxyl groups is 2. The molecule has 7 nitrogen and oxygen atoms in total. The molecule has 31 heavy (non-hydrogen) atoms. The summed E-state index contributed by atoms with van der Waals surface area (Å²) in [5.41, 5.74) is 0.717. The molecule has 1 fully saturated rings. The van der Waals surface area contributed by atoms with Crippen LogP contribution in [0.2, 0.25) is 10.0 Å². The Morgan fingerprint density at radius 2 is 1.81 bits per heavy atom. The number of rotatable bonds is 8. The Morgan fingerprint density at radius 3 is 2.42 bits per heavy atom. The van der Waals surface area contributed by atoms with E-state index in [4.69, 9.17) is 37.8 Å². The van der Waals surface area contributed by atoms with Gasteiger partial charge in [0.2, 0.25) is 0 Å². The van der Waals surface area contributed by atoms with Gasteiger partial charge < -0.3 is 24.6 Å². The topological polar surface area (TPSA) is 96.3 Å². The number of amides is 1. The number of halogens is 2. The Bertz CT molecular complexity index is 1010. The first kappa shape index (κ1) is 23.1. The van der Waals surface area contributed by atoms with Gasteiger partial charge >= 0.3 is 0 Å². The largest absolute Gasteiger partial charge is 0.507 e. The zero-order valence-corrected chi connectivity index (χ0v) is 18.2. The van der Waals surface area contributed by atoms with Crippen molar-refractivity contribution < 1.29 is 29.3 Å². The number of hydrogen-bond acceptors (Lipinski definition) is 6. The lowest BCUT2D eigenvalue weighted by Crippen LogP contribution is -2.33. The van der Waals surface area contributed by atoms with E-state index in [0.29, 0.717) is 21.9 Å². The van der Waals surface area contributed by atoms with E-state index in [0.717, 1.165) is 0 Å². The molecule has 1 amide bonds. The fourth-order valence-corrected chi connectivity index (χ4v) is 3.90. The molecule has 0 aromatic heterocycles. The molecule has 1 heterocycles. The highest BCUT2D eigenvalue weighted by Crippen LogP contribution is 2.42. The van der Waals surface area contributed by atoms with E-state index in [2.05, 4.69) is 0 Å². The highest BCUT2D eigenvalue weighted by molar-refractivity contribution is 6.47. The third kappa shape index (κ3) is 4.85. The van der Waals surface area contributed by atoms with Crippen LogP contribution in [0.25, 0.3) is 5.76 Å². The molecule has 9 heteroatoms. The Balaban J connectivity index is 2.09. The van der Waals surface area contributed by atoms with Crippen LogP contribution in [0.3, 0.4) is 0 Å². The van der Waals surface area contributed by atoms with Crippen LogP contribution in [0.15, 0.2) is 48.0 Å². The van der Waals surface area contributed by atoms with Crippen LogP contribution in [0.5, 0.6) is 5.75 Å². The van der Waals surface area contributed by atoms with Crippen molar-refractivity contribution in [2.75, 3.05) is 33.5 Å². The monoisotopic (exact) mass is 465 g/mol. The molecule has 1 unspecified atom stereocenters. The number of ketones is 1. The van der Waals surface area contributed by atoms with Crippen molar-refractivity contribution in [2.45, 2.75) is 6.04 Å². The minimum Gasteiger partial charge on any atom is -0.507 e. The van der Waals surface area contributed by atoms with Crippen LogP contribution in [-0.4, -0.2) is 60.3 Å². The number of nitrogens with zero attached hydrogens (tertiary/aromatic N) is 1. The second-order valence-electron chi connectivity index (χ2n) is 6.72. The second-order valence-corrected chi connectivity index (χ2v) is 7.57. The van der Waals surface area contributed by atoms with Crippen molar-refractivity contribution in [1.82, 2.24) is 4.90 Å². The Morgan fingerprint density at radius 1 is 1.10 bits per heavy atom. The van der Waals surface area contributed by atoms with Gasteiger partial charge in [-0.2, -0.15) is 0 Å². The fourth-order valence-electron chi connectivity index (χ4n) is 3.39. The third-order valence-electron chi connectivity index (χ3n) is 4.87. The zero-order valence-electron chi connectivity index (χ0n) is 16.7. The minimum atomic E-state index is -0.926. The van der Waals surface area contributed by atoms with E-state index in [1.165, 1.54) is 18.1 Å². The lowest BCUT2D eigenvalue weighted by molar-refractivity contribution is -0.140. The standard InChI is InChI=1S/C22H21Cl2NO6/c1-30-15-5-2-13(3-6-15)20(27)18-19(16-7-4-14(23)12-17(16)24)25(22(29)21(18)28)8-10-31-11-9-26/h2-7,12,19,26-27H,8-11H2,1H3/b20-18+. The maximum Gasteiger partial charge on any atom is 0.295 e. The van der Waals surface area contributed by atoms with Crippen molar-refractivity contribution in [2.24, 2.45) is 0 Å². The molecule has 0 radical (unpaired) electrons. The number of Topliss-reactive ketones (excluding diaryl/α,β-unsaturated/α-hetero) is 1. The van der Waals surface area contributed by atoms with Gasteiger partial charge in [-0.05, 0) is 42.0 Å². The zero-order chi connectivity index (χ0) is 22.5. The number of carbonyl (C=O) groups excluding carboxylic acids is 2. The summed E-state index contributed by atoms with van der Waals surface area (Å²) >= 11 is 12.4. The summed E-state index contributed by atoms with van der Waals surface area (Å²) in [7, 11) is 1.52. The SMILES string of the molecule is COc1ccc(/C(O)=C2\C(=O)C(=O)N(CCOCCO)C2c2ccc(Cl)cc2Cl)cc1. The van der Waals surface area contributed by atoms with Crippen molar-refractivity contribution in [1.29, 1.82) is 0 Å². The van der Waals surface area contributed by atoms with Gasteiger partial charge in [-0.1, -0.05) is 29.3 Å². The summed E-state index contributed by atoms with van der Waals surface area (Å²) in [6.07, 6.45) is 0. The number of ether oxygens (including phenoxy) is 2. The van der Waals surface area contributed by atoms with Crippen LogP contribution in [0.1, 0.15) is 17.2 Å². The third-order valence-corrected chi connectivity index (χ3v) is 5.44. The molecule has 2 aromatic carbocycles. The molecule has 1 saturated heterocycles. The highest BCUT2D eigenvalue weighted by Gasteiger charge is 2.46. The molecule has 0 bridgehead atoms. The smallest absolute Gasteiger partial charge is 0.295 e. The number of carbonyl (C=O) groups is 2. The molecule has 164 valence electrons. The molecule has 1 aliphatic rings. The first-order valence-electron chi connectivity index (χ1n) is 9.45. The van der Waals surface area contributed by atoms with Crippen LogP contribution in [0, 0.1) is 0 Å². The van der Waals surface area contributed by atoms with E-state index in [1.54, 1.807) is 36.4 Å². The van der Waals surface area contributed by atoms with Gasteiger partial charge in [-0.3, -0.25) is 9.59 Å². The number of likely N-dealkylation sites (tertiary alicyclic amines) is 1. The maximum absolute atomic E-state index is 12.9. The molecule has 2 N–H and O–H groups in total. The van der Waals surface area contributed by atoms with Crippen molar-refractivity contribution >= 4 is 40.7 Å². The van der Waals surface area contributed by atoms with Crippen molar-refractivity contribution in [3.8, 4) is 5.75 Å². The van der Waals surface area contributed by atoms with Crippen molar-refractivity contribution in [3.63, 3.8) is 0 Å². The number of methoxy groups -OCH3 is 1. The van der Waals surface area contributed by atoms with E-state index >= 15 is 0 Å². The summed E-state index contributed by atoms with van der Waals surface area (Å²) in [5.74, 6) is -1.35. The maximum atomic E-state index is 12.9. The number of benzene rings is 2. The number of hydrogen-bond donors (Lipinski definition) is 2. The van der Waals surface area contributed by atoms with Gasteiger partial charge in [0, 0.05) is 22.2 Å². The molecule has 1 aliphatic heterocycles. The van der Waals surface area contributed by atoms with E-state index in [9.17, 15) is 14.7 Å².